The minimum Gasteiger partial charge on any atom is -0.497 e. The third-order valence-electron chi connectivity index (χ3n) is 4.61. The highest BCUT2D eigenvalue weighted by Gasteiger charge is 2.13. The first-order valence-electron chi connectivity index (χ1n) is 9.33. The molecule has 0 saturated carbocycles. The van der Waals surface area contributed by atoms with Crippen LogP contribution in [0.25, 0.3) is 10.9 Å². The monoisotopic (exact) mass is 375 g/mol. The molecule has 0 aliphatic carbocycles. The van der Waals surface area contributed by atoms with Gasteiger partial charge in [0.1, 0.15) is 11.4 Å². The van der Waals surface area contributed by atoms with Crippen LogP contribution in [-0.4, -0.2) is 17.6 Å². The van der Waals surface area contributed by atoms with E-state index >= 15 is 0 Å². The fourth-order valence-electron chi connectivity index (χ4n) is 3.04. The number of nitrogen functional groups attached to an aromatic ring is 1. The molecule has 144 valence electrons. The molecule has 0 aliphatic heterocycles. The second-order valence-electron chi connectivity index (χ2n) is 6.86. The Bertz CT molecular complexity index is 1080. The van der Waals surface area contributed by atoms with Crippen molar-refractivity contribution in [3.63, 3.8) is 0 Å². The number of hydrogen-bond donors (Lipinski definition) is 2. The number of rotatable bonds is 4. The highest BCUT2D eigenvalue weighted by atomic mass is 16.5. The number of fused-ring (bicyclic) bond motifs is 1. The van der Waals surface area contributed by atoms with Gasteiger partial charge in [0.2, 0.25) is 5.91 Å². The van der Waals surface area contributed by atoms with E-state index in [1.54, 1.807) is 7.11 Å². The van der Waals surface area contributed by atoms with Gasteiger partial charge in [0.25, 0.3) is 0 Å². The summed E-state index contributed by atoms with van der Waals surface area (Å²) in [5, 5.41) is 3.86. The lowest BCUT2D eigenvalue weighted by atomic mass is 10.1. The van der Waals surface area contributed by atoms with Crippen molar-refractivity contribution >= 4 is 28.2 Å². The van der Waals surface area contributed by atoms with E-state index in [1.165, 1.54) is 0 Å². The SMILES string of the molecule is CCn1c(C#Cc2cccc(NC(=O)C(C)C)c2)c(N)c2ccc(OC)cc21. The number of benzene rings is 2. The van der Waals surface area contributed by atoms with Gasteiger partial charge >= 0.3 is 0 Å². The van der Waals surface area contributed by atoms with Gasteiger partial charge in [-0.1, -0.05) is 25.8 Å². The van der Waals surface area contributed by atoms with Crippen LogP contribution in [0.5, 0.6) is 5.75 Å². The van der Waals surface area contributed by atoms with E-state index in [-0.39, 0.29) is 11.8 Å². The number of aryl methyl sites for hydroxylation is 1. The lowest BCUT2D eigenvalue weighted by Gasteiger charge is -2.07. The van der Waals surface area contributed by atoms with Gasteiger partial charge in [-0.05, 0) is 43.2 Å². The maximum absolute atomic E-state index is 11.9. The van der Waals surface area contributed by atoms with E-state index < -0.39 is 0 Å². The molecule has 0 aliphatic rings. The van der Waals surface area contributed by atoms with E-state index in [0.29, 0.717) is 5.69 Å². The van der Waals surface area contributed by atoms with E-state index in [0.717, 1.165) is 40.1 Å². The zero-order chi connectivity index (χ0) is 20.3. The van der Waals surface area contributed by atoms with Gasteiger partial charge in [0.15, 0.2) is 0 Å². The Hall–Kier alpha value is -3.39. The number of nitrogens with zero attached hydrogens (tertiary/aromatic N) is 1. The highest BCUT2D eigenvalue weighted by Crippen LogP contribution is 2.31. The third-order valence-corrected chi connectivity index (χ3v) is 4.61. The van der Waals surface area contributed by atoms with E-state index in [4.69, 9.17) is 10.5 Å². The number of hydrogen-bond acceptors (Lipinski definition) is 3. The Morgan fingerprint density at radius 1 is 1.21 bits per heavy atom. The summed E-state index contributed by atoms with van der Waals surface area (Å²) in [7, 11) is 1.65. The Morgan fingerprint density at radius 2 is 2.00 bits per heavy atom. The first kappa shape index (κ1) is 19.4. The second kappa shape index (κ2) is 8.10. The van der Waals surface area contributed by atoms with Gasteiger partial charge in [-0.25, -0.2) is 0 Å². The van der Waals surface area contributed by atoms with Crippen LogP contribution in [0.1, 0.15) is 32.0 Å². The molecule has 3 N–H and O–H groups in total. The summed E-state index contributed by atoms with van der Waals surface area (Å²) in [5.41, 5.74) is 10.4. The van der Waals surface area contributed by atoms with Gasteiger partial charge < -0.3 is 20.4 Å². The fourth-order valence-corrected chi connectivity index (χ4v) is 3.04. The topological polar surface area (TPSA) is 69.3 Å². The van der Waals surface area contributed by atoms with Gasteiger partial charge in [-0.15, -0.1) is 0 Å². The van der Waals surface area contributed by atoms with Crippen LogP contribution in [0, 0.1) is 17.8 Å². The summed E-state index contributed by atoms with van der Waals surface area (Å²) in [6.45, 7) is 6.53. The van der Waals surface area contributed by atoms with Gasteiger partial charge in [0, 0.05) is 35.2 Å². The van der Waals surface area contributed by atoms with Crippen LogP contribution in [0.4, 0.5) is 11.4 Å². The summed E-state index contributed by atoms with van der Waals surface area (Å²) in [4.78, 5) is 11.9. The highest BCUT2D eigenvalue weighted by molar-refractivity contribution is 5.96. The first-order chi connectivity index (χ1) is 13.4. The van der Waals surface area contributed by atoms with Crippen LogP contribution < -0.4 is 15.8 Å². The molecule has 1 aromatic heterocycles. The summed E-state index contributed by atoms with van der Waals surface area (Å²) < 4.78 is 7.42. The molecule has 0 bridgehead atoms. The molecule has 5 heteroatoms. The average molecular weight is 375 g/mol. The van der Waals surface area contributed by atoms with Crippen molar-refractivity contribution in [2.75, 3.05) is 18.2 Å². The maximum Gasteiger partial charge on any atom is 0.226 e. The fraction of sp³-hybridized carbons (Fsp3) is 0.261. The number of ether oxygens (including phenoxy) is 1. The lowest BCUT2D eigenvalue weighted by Crippen LogP contribution is -2.17. The zero-order valence-corrected chi connectivity index (χ0v) is 16.7. The summed E-state index contributed by atoms with van der Waals surface area (Å²) >= 11 is 0. The van der Waals surface area contributed by atoms with Crippen molar-refractivity contribution in [3.8, 4) is 17.6 Å². The number of carbonyl (C=O) groups is 1. The Labute approximate surface area is 165 Å². The maximum atomic E-state index is 11.9. The van der Waals surface area contributed by atoms with Crippen molar-refractivity contribution < 1.29 is 9.53 Å². The molecule has 0 saturated heterocycles. The van der Waals surface area contributed by atoms with Crippen LogP contribution in [-0.2, 0) is 11.3 Å². The van der Waals surface area contributed by atoms with Crippen molar-refractivity contribution in [1.82, 2.24) is 4.57 Å². The number of anilines is 2. The standard InChI is InChI=1S/C23H25N3O2/c1-5-26-20(22(24)19-11-10-18(28-4)14-21(19)26)12-9-16-7-6-8-17(13-16)25-23(27)15(2)3/h6-8,10-11,13-15H,5,24H2,1-4H3,(H,25,27). The average Bonchev–Trinajstić information content (AvgIpc) is 2.96. The molecule has 0 unspecified atom stereocenters. The predicted molar refractivity (Wildman–Crippen MR) is 114 cm³/mol. The van der Waals surface area contributed by atoms with Crippen molar-refractivity contribution in [1.29, 1.82) is 0 Å². The minimum atomic E-state index is -0.0770. The zero-order valence-electron chi connectivity index (χ0n) is 16.7. The molecule has 3 rings (SSSR count). The smallest absolute Gasteiger partial charge is 0.226 e. The number of nitrogens with one attached hydrogen (secondary N) is 1. The minimum absolute atomic E-state index is 0.0191. The molecular formula is C23H25N3O2. The van der Waals surface area contributed by atoms with Crippen molar-refractivity contribution in [2.45, 2.75) is 27.3 Å². The molecule has 5 nitrogen and oxygen atoms in total. The number of nitrogens with two attached hydrogens (primary N) is 1. The number of carbonyl (C=O) groups excluding carboxylic acids is 1. The molecule has 0 atom stereocenters. The quantitative estimate of drug-likeness (QED) is 0.670. The van der Waals surface area contributed by atoms with E-state index in [9.17, 15) is 4.79 Å². The number of aromatic nitrogens is 1. The van der Waals surface area contributed by atoms with Gasteiger partial charge in [-0.3, -0.25) is 4.79 Å². The van der Waals surface area contributed by atoms with E-state index in [2.05, 4.69) is 28.6 Å². The van der Waals surface area contributed by atoms with Gasteiger partial charge in [0.05, 0.1) is 18.3 Å². The molecular weight excluding hydrogens is 350 g/mol. The number of amides is 1. The Kier molecular flexibility index (Phi) is 5.60. The first-order valence-corrected chi connectivity index (χ1v) is 9.33. The molecule has 3 aromatic rings. The normalized spacial score (nSPS) is 10.6. The molecule has 0 radical (unpaired) electrons. The lowest BCUT2D eigenvalue weighted by molar-refractivity contribution is -0.118. The number of methoxy groups -OCH3 is 1. The Morgan fingerprint density at radius 3 is 2.68 bits per heavy atom. The molecule has 0 fully saturated rings. The molecule has 1 amide bonds. The molecule has 1 heterocycles. The van der Waals surface area contributed by atoms with Crippen LogP contribution in [0.3, 0.4) is 0 Å². The van der Waals surface area contributed by atoms with Crippen LogP contribution >= 0.6 is 0 Å². The Balaban J connectivity index is 1.99. The summed E-state index contributed by atoms with van der Waals surface area (Å²) in [5.74, 6) is 7.08. The molecule has 0 spiro atoms. The van der Waals surface area contributed by atoms with Crippen LogP contribution in [0.2, 0.25) is 0 Å². The second-order valence-corrected chi connectivity index (χ2v) is 6.86. The predicted octanol–water partition coefficient (Wildman–Crippen LogP) is 4.25. The largest absolute Gasteiger partial charge is 0.497 e. The summed E-state index contributed by atoms with van der Waals surface area (Å²) in [6, 6.07) is 13.3. The molecule has 2 aromatic carbocycles. The summed E-state index contributed by atoms with van der Waals surface area (Å²) in [6.07, 6.45) is 0. The van der Waals surface area contributed by atoms with Gasteiger partial charge in [-0.2, -0.15) is 0 Å². The van der Waals surface area contributed by atoms with Crippen molar-refractivity contribution in [2.24, 2.45) is 5.92 Å². The van der Waals surface area contributed by atoms with Crippen LogP contribution in [0.15, 0.2) is 42.5 Å². The van der Waals surface area contributed by atoms with E-state index in [1.807, 2.05) is 56.3 Å². The van der Waals surface area contributed by atoms with Crippen molar-refractivity contribution in [3.05, 3.63) is 53.7 Å². The molecule has 28 heavy (non-hydrogen) atoms. The third kappa shape index (κ3) is 3.81.